The van der Waals surface area contributed by atoms with Gasteiger partial charge in [0, 0.05) is 21.9 Å². The molecule has 0 aliphatic rings. The van der Waals surface area contributed by atoms with E-state index in [2.05, 4.69) is 38.8 Å². The fourth-order valence-electron chi connectivity index (χ4n) is 6.98. The van der Waals surface area contributed by atoms with Gasteiger partial charge in [0.25, 0.3) is 0 Å². The van der Waals surface area contributed by atoms with E-state index in [1.807, 2.05) is 78.9 Å². The highest BCUT2D eigenvalue weighted by molar-refractivity contribution is 6.12. The van der Waals surface area contributed by atoms with Crippen molar-refractivity contribution < 1.29 is 0 Å². The average Bonchev–Trinajstić information content (AvgIpc) is 3.60. The number of fused-ring (bicyclic) bond motifs is 3. The van der Waals surface area contributed by atoms with E-state index < -0.39 is 0 Å². The van der Waals surface area contributed by atoms with Crippen LogP contribution < -0.4 is 0 Å². The molecule has 0 saturated heterocycles. The summed E-state index contributed by atoms with van der Waals surface area (Å²) < 4.78 is 2.08. The van der Waals surface area contributed by atoms with Gasteiger partial charge in [-0.05, 0) is 107 Å². The second kappa shape index (κ2) is 14.2. The summed E-state index contributed by atoms with van der Waals surface area (Å²) in [4.78, 5) is 13.7. The first-order valence-electron chi connectivity index (χ1n) is 17.1. The van der Waals surface area contributed by atoms with Crippen molar-refractivity contribution in [2.75, 3.05) is 0 Å². The van der Waals surface area contributed by atoms with Gasteiger partial charge in [-0.1, -0.05) is 24.3 Å². The van der Waals surface area contributed by atoms with Crippen LogP contribution in [0.1, 0.15) is 38.9 Å². The molecule has 258 valence electrons. The summed E-state index contributed by atoms with van der Waals surface area (Å²) in [6.45, 7) is 0. The van der Waals surface area contributed by atoms with Crippen LogP contribution in [0.15, 0.2) is 116 Å². The minimum Gasteiger partial charge on any atom is -0.309 e. The third kappa shape index (κ3) is 6.06. The van der Waals surface area contributed by atoms with Gasteiger partial charge in [0.1, 0.15) is 24.5 Å². The first kappa shape index (κ1) is 34.6. The molecule has 0 unspecified atom stereocenters. The van der Waals surface area contributed by atoms with Crippen molar-refractivity contribution in [2.24, 2.45) is 0 Å². The van der Waals surface area contributed by atoms with Crippen LogP contribution in [0.3, 0.4) is 0 Å². The molecule has 0 aliphatic heterocycles. The molecule has 0 radical (unpaired) electrons. The van der Waals surface area contributed by atoms with Gasteiger partial charge in [0.05, 0.1) is 79.9 Å². The van der Waals surface area contributed by atoms with E-state index in [0.29, 0.717) is 50.3 Å². The maximum Gasteiger partial charge on any atom is 0.165 e. The topological polar surface area (TPSA) is 210 Å². The zero-order valence-electron chi connectivity index (χ0n) is 29.4. The number of benzene rings is 6. The maximum absolute atomic E-state index is 9.73. The Hall–Kier alpha value is -9.44. The summed E-state index contributed by atoms with van der Waals surface area (Å²) >= 11 is 0. The molecule has 8 rings (SSSR count). The molecule has 11 nitrogen and oxygen atoms in total. The van der Waals surface area contributed by atoms with Crippen LogP contribution in [0.5, 0.6) is 0 Å². The summed E-state index contributed by atoms with van der Waals surface area (Å²) in [6.07, 6.45) is 1.35. The van der Waals surface area contributed by atoms with Crippen molar-refractivity contribution in [2.45, 2.75) is 0 Å². The zero-order chi connectivity index (χ0) is 39.6. The van der Waals surface area contributed by atoms with Crippen LogP contribution >= 0.6 is 0 Å². The monoisotopic (exact) mass is 725 g/mol. The van der Waals surface area contributed by atoms with Gasteiger partial charge in [-0.25, -0.2) is 15.0 Å². The van der Waals surface area contributed by atoms with Gasteiger partial charge in [-0.2, -0.15) is 36.8 Å². The van der Waals surface area contributed by atoms with Gasteiger partial charge in [-0.3, -0.25) is 0 Å². The number of para-hydroxylation sites is 1. The van der Waals surface area contributed by atoms with Gasteiger partial charge in [-0.15, -0.1) is 0 Å². The largest absolute Gasteiger partial charge is 0.309 e. The molecule has 0 spiro atoms. The third-order valence-corrected chi connectivity index (χ3v) is 9.52. The summed E-state index contributed by atoms with van der Waals surface area (Å²) in [5.74, 6) is 0.520. The van der Waals surface area contributed by atoms with Gasteiger partial charge >= 0.3 is 0 Å². The predicted octanol–water partition coefficient (Wildman–Crippen LogP) is 8.74. The first-order valence-corrected chi connectivity index (χ1v) is 17.1. The summed E-state index contributed by atoms with van der Waals surface area (Å²) in [7, 11) is 0. The number of rotatable bonds is 5. The highest BCUT2D eigenvalue weighted by Gasteiger charge is 2.20. The average molecular weight is 726 g/mol. The zero-order valence-corrected chi connectivity index (χ0v) is 29.4. The van der Waals surface area contributed by atoms with E-state index in [-0.39, 0.29) is 22.5 Å². The number of nitrogens with zero attached hydrogens (tertiary/aromatic N) is 11. The van der Waals surface area contributed by atoms with Crippen molar-refractivity contribution in [3.63, 3.8) is 0 Å². The van der Waals surface area contributed by atoms with E-state index in [1.165, 1.54) is 18.5 Å². The highest BCUT2D eigenvalue weighted by atomic mass is 15.0. The van der Waals surface area contributed by atoms with E-state index >= 15 is 0 Å². The normalized spacial score (nSPS) is 10.3. The molecule has 0 N–H and O–H groups in total. The standard InChI is InChI=1S/C46H19N11/c47-19-27-9-28(20-48)12-33(11-27)31-5-7-43-39(17-31)40-18-32(34-13-29(21-49)10-30(14-34)22-50)6-8-44(40)57(43)42-4-2-1-3-38(42)46-55-26-54-45(56-46)35-15-36(23-51)41(25-53)37(16-35)24-52/h1-18,26H. The lowest BCUT2D eigenvalue weighted by atomic mass is 9.97. The third-order valence-electron chi connectivity index (χ3n) is 9.52. The minimum absolute atomic E-state index is 0.0207. The van der Waals surface area contributed by atoms with Gasteiger partial charge in [0.2, 0.25) is 0 Å². The Morgan fingerprint density at radius 3 is 1.39 bits per heavy atom. The van der Waals surface area contributed by atoms with Crippen molar-refractivity contribution >= 4 is 21.8 Å². The van der Waals surface area contributed by atoms with Crippen LogP contribution in [0.2, 0.25) is 0 Å². The molecule has 2 aromatic heterocycles. The Labute approximate surface area is 324 Å². The molecular formula is C46H19N11. The van der Waals surface area contributed by atoms with Crippen LogP contribution in [0, 0.1) is 79.3 Å². The summed E-state index contributed by atoms with van der Waals surface area (Å²) in [5, 5.41) is 69.5. The first-order chi connectivity index (χ1) is 27.9. The Bertz CT molecular complexity index is 3110. The number of hydrogen-bond acceptors (Lipinski definition) is 10. The molecule has 8 aromatic rings. The SMILES string of the molecule is N#Cc1cc(C#N)cc(-c2ccc3c(c2)c2cc(-c4cc(C#N)cc(C#N)c4)ccc2n3-c2ccccc2-c2ncnc(-c3cc(C#N)c(C#N)c(C#N)c3)n2)c1. The molecule has 0 saturated carbocycles. The Balaban J connectivity index is 1.37. The van der Waals surface area contributed by atoms with Crippen LogP contribution in [-0.4, -0.2) is 19.5 Å². The van der Waals surface area contributed by atoms with Crippen LogP contribution in [-0.2, 0) is 0 Å². The number of hydrogen-bond donors (Lipinski definition) is 0. The Morgan fingerprint density at radius 2 is 0.912 bits per heavy atom. The van der Waals surface area contributed by atoms with E-state index in [0.717, 1.165) is 38.6 Å². The fourth-order valence-corrected chi connectivity index (χ4v) is 6.98. The summed E-state index contributed by atoms with van der Waals surface area (Å²) in [5.41, 5.74) is 7.82. The lowest BCUT2D eigenvalue weighted by Gasteiger charge is -2.14. The van der Waals surface area contributed by atoms with Crippen molar-refractivity contribution in [1.29, 1.82) is 36.8 Å². The second-order valence-electron chi connectivity index (χ2n) is 12.8. The molecular weight excluding hydrogens is 707 g/mol. The summed E-state index contributed by atoms with van der Waals surface area (Å²) in [6, 6.07) is 46.9. The maximum atomic E-state index is 9.73. The number of nitriles is 7. The smallest absolute Gasteiger partial charge is 0.165 e. The second-order valence-corrected chi connectivity index (χ2v) is 12.8. The van der Waals surface area contributed by atoms with Crippen molar-refractivity contribution in [3.8, 4) is 93.2 Å². The van der Waals surface area contributed by atoms with E-state index in [1.54, 1.807) is 36.4 Å². The lowest BCUT2D eigenvalue weighted by molar-refractivity contribution is 1.06. The predicted molar refractivity (Wildman–Crippen MR) is 209 cm³/mol. The lowest BCUT2D eigenvalue weighted by Crippen LogP contribution is -2.02. The van der Waals surface area contributed by atoms with Crippen molar-refractivity contribution in [1.82, 2.24) is 19.5 Å². The minimum atomic E-state index is -0.0207. The van der Waals surface area contributed by atoms with Gasteiger partial charge < -0.3 is 4.57 Å². The molecule has 6 aromatic carbocycles. The van der Waals surface area contributed by atoms with E-state index in [4.69, 9.17) is 4.98 Å². The quantitative estimate of drug-likeness (QED) is 0.165. The van der Waals surface area contributed by atoms with E-state index in [9.17, 15) is 36.8 Å². The fraction of sp³-hybridized carbons (Fsp3) is 0. The molecule has 0 amide bonds. The number of aromatic nitrogens is 4. The Morgan fingerprint density at radius 1 is 0.421 bits per heavy atom. The van der Waals surface area contributed by atoms with Crippen LogP contribution in [0.4, 0.5) is 0 Å². The highest BCUT2D eigenvalue weighted by Crippen LogP contribution is 2.40. The van der Waals surface area contributed by atoms with Crippen LogP contribution in [0.25, 0.3) is 72.5 Å². The molecule has 0 aliphatic carbocycles. The molecule has 0 atom stereocenters. The molecule has 0 fully saturated rings. The van der Waals surface area contributed by atoms with Gasteiger partial charge in [0.15, 0.2) is 11.6 Å². The molecule has 57 heavy (non-hydrogen) atoms. The molecule has 11 heteroatoms. The van der Waals surface area contributed by atoms with Crippen molar-refractivity contribution in [3.05, 3.63) is 154 Å². The Kier molecular flexibility index (Phi) is 8.62. The molecule has 2 heterocycles. The molecule has 0 bridgehead atoms.